The Hall–Kier alpha value is -1.70. The van der Waals surface area contributed by atoms with Crippen molar-refractivity contribution in [2.75, 3.05) is 33.2 Å². The summed E-state index contributed by atoms with van der Waals surface area (Å²) in [7, 11) is 7.61. The average Bonchev–Trinajstić information content (AvgIpc) is 2.27. The minimum Gasteiger partial charge on any atom is -0.711 e. The molecule has 0 fully saturated rings. The quantitative estimate of drug-likeness (QED) is 0.199. The van der Waals surface area contributed by atoms with Crippen LogP contribution in [0.4, 0.5) is 11.5 Å². The van der Waals surface area contributed by atoms with Crippen LogP contribution < -0.4 is 10.9 Å². The van der Waals surface area contributed by atoms with Gasteiger partial charge in [0.25, 0.3) is 0 Å². The van der Waals surface area contributed by atoms with E-state index in [-0.39, 0.29) is 12.1 Å². The van der Waals surface area contributed by atoms with Gasteiger partial charge in [-0.15, -0.1) is 0 Å². The van der Waals surface area contributed by atoms with Crippen LogP contribution in [0.25, 0.3) is 0 Å². The molecule has 0 saturated heterocycles. The van der Waals surface area contributed by atoms with Gasteiger partial charge in [0.2, 0.25) is 0 Å². The van der Waals surface area contributed by atoms with Gasteiger partial charge in [-0.05, 0) is 45.3 Å². The molecule has 0 saturated carbocycles. The molecule has 0 atom stereocenters. The van der Waals surface area contributed by atoms with Crippen molar-refractivity contribution in [3.63, 3.8) is 0 Å². The van der Waals surface area contributed by atoms with Gasteiger partial charge in [-0.3, -0.25) is 14.8 Å². The van der Waals surface area contributed by atoms with E-state index in [9.17, 15) is 5.21 Å². The van der Waals surface area contributed by atoms with Crippen molar-refractivity contribution in [1.29, 1.82) is 0 Å². The zero-order valence-electron chi connectivity index (χ0n) is 11.2. The summed E-state index contributed by atoms with van der Waals surface area (Å²) >= 11 is 0. The van der Waals surface area contributed by atoms with E-state index in [1.165, 1.54) is 11.2 Å². The van der Waals surface area contributed by atoms with E-state index >= 15 is 0 Å². The summed E-state index contributed by atoms with van der Waals surface area (Å²) in [5.41, 5.74) is 0.523. The average molecular weight is 252 g/mol. The predicted molar refractivity (Wildman–Crippen MR) is 72.5 cm³/mol. The molecule has 1 aromatic heterocycles. The second-order valence-corrected chi connectivity index (χ2v) is 4.41. The largest absolute Gasteiger partial charge is 0.711 e. The first-order valence-corrected chi connectivity index (χ1v) is 5.45. The zero-order chi connectivity index (χ0) is 13.9. The normalized spacial score (nSPS) is 11.3. The molecule has 0 bridgehead atoms. The molecule has 0 spiro atoms. The van der Waals surface area contributed by atoms with Crippen molar-refractivity contribution in [3.8, 4) is 0 Å². The number of rotatable bonds is 5. The lowest BCUT2D eigenvalue weighted by Gasteiger charge is -2.37. The molecule has 7 nitrogen and oxygen atoms in total. The molecule has 2 N–H and O–H groups in total. The standard InChI is InChI=1S/C11H20N6O/c1-14(2)11(15(3)4)17(12)9-7-6-8-13-10(9)16(5)18/h6-8,11H,5,12H2,1-4H3. The highest BCUT2D eigenvalue weighted by Gasteiger charge is 2.25. The Balaban J connectivity index is 3.16. The molecule has 0 aliphatic carbocycles. The summed E-state index contributed by atoms with van der Waals surface area (Å²) in [6, 6.07) is 3.46. The first kappa shape index (κ1) is 14.4. The van der Waals surface area contributed by atoms with Crippen molar-refractivity contribution >= 4 is 18.2 Å². The molecule has 7 heteroatoms. The van der Waals surface area contributed by atoms with Crippen LogP contribution >= 0.6 is 0 Å². The Morgan fingerprint density at radius 1 is 1.33 bits per heavy atom. The highest BCUT2D eigenvalue weighted by molar-refractivity contribution is 5.59. The summed E-state index contributed by atoms with van der Waals surface area (Å²) in [6.45, 7) is 3.31. The maximum absolute atomic E-state index is 11.4. The number of nitrogens with zero attached hydrogens (tertiary/aromatic N) is 5. The molecule has 0 aromatic carbocycles. The van der Waals surface area contributed by atoms with Gasteiger partial charge in [0, 0.05) is 0 Å². The minimum atomic E-state index is -0.201. The van der Waals surface area contributed by atoms with Crippen LogP contribution in [-0.4, -0.2) is 60.7 Å². The molecular weight excluding hydrogens is 232 g/mol. The lowest BCUT2D eigenvalue weighted by atomic mass is 10.3. The maximum atomic E-state index is 11.4. The van der Waals surface area contributed by atoms with Gasteiger partial charge >= 0.3 is 5.82 Å². The third kappa shape index (κ3) is 2.95. The molecule has 0 amide bonds. The fraction of sp³-hybridized carbons (Fsp3) is 0.455. The number of pyridine rings is 1. The summed E-state index contributed by atoms with van der Waals surface area (Å²) in [4.78, 5) is 7.84. The van der Waals surface area contributed by atoms with E-state index in [4.69, 9.17) is 5.84 Å². The first-order valence-electron chi connectivity index (χ1n) is 5.45. The number of nitrogens with two attached hydrogens (primary N) is 1. The Morgan fingerprint density at radius 2 is 1.89 bits per heavy atom. The second-order valence-electron chi connectivity index (χ2n) is 4.41. The number of hydrazine groups is 1. The van der Waals surface area contributed by atoms with Gasteiger partial charge in [-0.2, -0.15) is 0 Å². The molecule has 0 unspecified atom stereocenters. The lowest BCUT2D eigenvalue weighted by Crippen LogP contribution is -2.57. The molecule has 1 aromatic rings. The van der Waals surface area contributed by atoms with Gasteiger partial charge in [0.1, 0.15) is 11.9 Å². The maximum Gasteiger partial charge on any atom is 0.350 e. The van der Waals surface area contributed by atoms with Crippen molar-refractivity contribution in [1.82, 2.24) is 14.8 Å². The van der Waals surface area contributed by atoms with E-state index in [2.05, 4.69) is 11.7 Å². The third-order valence-corrected chi connectivity index (χ3v) is 2.45. The molecular formula is C11H20N6O. The van der Waals surface area contributed by atoms with Crippen molar-refractivity contribution in [3.05, 3.63) is 23.5 Å². The summed E-state index contributed by atoms with van der Waals surface area (Å²) in [5, 5.41) is 12.9. The zero-order valence-corrected chi connectivity index (χ0v) is 11.2. The fourth-order valence-corrected chi connectivity index (χ4v) is 1.87. The number of aromatic nitrogens is 1. The molecule has 0 aliphatic rings. The van der Waals surface area contributed by atoms with E-state index < -0.39 is 0 Å². The highest BCUT2D eigenvalue weighted by atomic mass is 16.5. The van der Waals surface area contributed by atoms with Crippen molar-refractivity contribution < 1.29 is 4.74 Å². The Morgan fingerprint density at radius 3 is 2.33 bits per heavy atom. The van der Waals surface area contributed by atoms with Crippen LogP contribution in [0.1, 0.15) is 0 Å². The lowest BCUT2D eigenvalue weighted by molar-refractivity contribution is -0.354. The molecule has 0 aliphatic heterocycles. The number of hydrogen-bond donors (Lipinski definition) is 1. The smallest absolute Gasteiger partial charge is 0.350 e. The van der Waals surface area contributed by atoms with E-state index in [0.717, 1.165) is 0 Å². The van der Waals surface area contributed by atoms with E-state index in [1.807, 2.05) is 38.0 Å². The van der Waals surface area contributed by atoms with Crippen LogP contribution in [0.15, 0.2) is 18.3 Å². The van der Waals surface area contributed by atoms with Gasteiger partial charge in [-0.1, -0.05) is 0 Å². The van der Waals surface area contributed by atoms with Gasteiger partial charge < -0.3 is 5.21 Å². The van der Waals surface area contributed by atoms with Crippen LogP contribution in [-0.2, 0) is 0 Å². The fourth-order valence-electron chi connectivity index (χ4n) is 1.87. The van der Waals surface area contributed by atoms with E-state index in [0.29, 0.717) is 10.4 Å². The SMILES string of the molecule is C=[N+]([O-])c1ncccc1N(N)C(N(C)C)N(C)C. The molecule has 1 rings (SSSR count). The van der Waals surface area contributed by atoms with Crippen LogP contribution in [0.3, 0.4) is 0 Å². The van der Waals surface area contributed by atoms with Gasteiger partial charge in [0.05, 0.1) is 6.72 Å². The second kappa shape index (κ2) is 5.76. The number of hydrogen-bond acceptors (Lipinski definition) is 6. The Kier molecular flexibility index (Phi) is 4.60. The third-order valence-electron chi connectivity index (χ3n) is 2.45. The Bertz CT molecular complexity index is 412. The topological polar surface area (TPSA) is 74.7 Å². The van der Waals surface area contributed by atoms with Gasteiger partial charge in [-0.25, -0.2) is 10.6 Å². The summed E-state index contributed by atoms with van der Waals surface area (Å²) in [5.74, 6) is 6.28. The first-order chi connectivity index (χ1) is 8.36. The molecule has 18 heavy (non-hydrogen) atoms. The highest BCUT2D eigenvalue weighted by Crippen LogP contribution is 2.24. The minimum absolute atomic E-state index is 0.189. The molecule has 100 valence electrons. The van der Waals surface area contributed by atoms with Crippen LogP contribution in [0, 0.1) is 5.21 Å². The number of anilines is 1. The van der Waals surface area contributed by atoms with Gasteiger partial charge in [0.15, 0.2) is 6.29 Å². The summed E-state index contributed by atoms with van der Waals surface area (Å²) in [6.07, 6.45) is 1.33. The van der Waals surface area contributed by atoms with Crippen LogP contribution in [0.2, 0.25) is 0 Å². The Labute approximate surface area is 107 Å². The predicted octanol–water partition coefficient (Wildman–Crippen LogP) is 0.0109. The molecule has 1 heterocycles. The van der Waals surface area contributed by atoms with Crippen molar-refractivity contribution in [2.24, 2.45) is 5.84 Å². The monoisotopic (exact) mass is 252 g/mol. The summed E-state index contributed by atoms with van der Waals surface area (Å²) < 4.78 is 0.456. The van der Waals surface area contributed by atoms with E-state index in [1.54, 1.807) is 12.1 Å². The molecule has 0 radical (unpaired) electrons. The van der Waals surface area contributed by atoms with Crippen molar-refractivity contribution in [2.45, 2.75) is 6.29 Å². The van der Waals surface area contributed by atoms with Crippen LogP contribution in [0.5, 0.6) is 0 Å².